The van der Waals surface area contributed by atoms with Crippen molar-refractivity contribution in [3.05, 3.63) is 39.9 Å². The van der Waals surface area contributed by atoms with Gasteiger partial charge >= 0.3 is 0 Å². The van der Waals surface area contributed by atoms with Crippen LogP contribution in [0.25, 0.3) is 11.3 Å². The summed E-state index contributed by atoms with van der Waals surface area (Å²) >= 11 is 0. The fourth-order valence-corrected chi connectivity index (χ4v) is 4.67. The van der Waals surface area contributed by atoms with Gasteiger partial charge in [-0.2, -0.15) is 0 Å². The van der Waals surface area contributed by atoms with E-state index in [1.807, 2.05) is 10.6 Å². The van der Waals surface area contributed by atoms with Crippen LogP contribution in [-0.2, 0) is 17.7 Å². The summed E-state index contributed by atoms with van der Waals surface area (Å²) in [6, 6.07) is 5.96. The Labute approximate surface area is 164 Å². The number of nitrogens with one attached hydrogen (secondary N) is 1. The molecule has 0 spiro atoms. The van der Waals surface area contributed by atoms with E-state index in [9.17, 15) is 4.79 Å². The first-order chi connectivity index (χ1) is 13.7. The Balaban J connectivity index is 1.57. The first-order valence-electron chi connectivity index (χ1n) is 10.4. The van der Waals surface area contributed by atoms with Crippen molar-refractivity contribution in [1.82, 2.24) is 19.9 Å². The molecule has 0 unspecified atom stereocenters. The molecular formula is C21H27N5O2. The Morgan fingerprint density at radius 2 is 2.04 bits per heavy atom. The number of hydrogen-bond donors (Lipinski definition) is 1. The van der Waals surface area contributed by atoms with Crippen LogP contribution in [0.5, 0.6) is 0 Å². The summed E-state index contributed by atoms with van der Waals surface area (Å²) in [6.07, 6.45) is 2.00. The fourth-order valence-electron chi connectivity index (χ4n) is 4.67. The largest absolute Gasteiger partial charge is 0.378 e. The Morgan fingerprint density at radius 1 is 1.18 bits per heavy atom. The molecule has 0 aromatic carbocycles. The number of rotatable bonds is 3. The molecule has 5 heterocycles. The number of nitrogens with zero attached hydrogens (tertiary/aromatic N) is 4. The number of aryl methyl sites for hydroxylation is 1. The van der Waals surface area contributed by atoms with Crippen LogP contribution in [-0.4, -0.2) is 53.9 Å². The number of morpholine rings is 1. The van der Waals surface area contributed by atoms with Gasteiger partial charge in [0.25, 0.3) is 5.56 Å². The van der Waals surface area contributed by atoms with Gasteiger partial charge in [0.05, 0.1) is 18.9 Å². The van der Waals surface area contributed by atoms with E-state index in [1.165, 1.54) is 6.42 Å². The second-order valence-corrected chi connectivity index (χ2v) is 8.07. The zero-order valence-corrected chi connectivity index (χ0v) is 16.4. The molecule has 7 nitrogen and oxygen atoms in total. The Hall–Kier alpha value is -2.25. The van der Waals surface area contributed by atoms with Gasteiger partial charge in [0.1, 0.15) is 0 Å². The van der Waals surface area contributed by atoms with Crippen molar-refractivity contribution >= 4 is 5.95 Å². The van der Waals surface area contributed by atoms with Crippen molar-refractivity contribution in [3.8, 4) is 11.3 Å². The first kappa shape index (κ1) is 17.8. The van der Waals surface area contributed by atoms with Gasteiger partial charge in [-0.3, -0.25) is 4.79 Å². The highest BCUT2D eigenvalue weighted by Gasteiger charge is 2.31. The number of hydrogen-bond acceptors (Lipinski definition) is 6. The van der Waals surface area contributed by atoms with Gasteiger partial charge in [0.2, 0.25) is 5.95 Å². The summed E-state index contributed by atoms with van der Waals surface area (Å²) in [6.45, 7) is 7.88. The number of anilines is 1. The minimum absolute atomic E-state index is 0.0914. The van der Waals surface area contributed by atoms with E-state index in [-0.39, 0.29) is 5.56 Å². The topological polar surface area (TPSA) is 72.3 Å². The Kier molecular flexibility index (Phi) is 4.64. The summed E-state index contributed by atoms with van der Waals surface area (Å²) in [5, 5.41) is 3.52. The molecule has 148 valence electrons. The average Bonchev–Trinajstić information content (AvgIpc) is 2.75. The van der Waals surface area contributed by atoms with Crippen molar-refractivity contribution < 1.29 is 4.74 Å². The normalized spacial score (nSPS) is 24.1. The lowest BCUT2D eigenvalue weighted by Gasteiger charge is -2.37. The van der Waals surface area contributed by atoms with Crippen molar-refractivity contribution in [2.75, 3.05) is 44.3 Å². The lowest BCUT2D eigenvalue weighted by atomic mass is 9.83. The summed E-state index contributed by atoms with van der Waals surface area (Å²) < 4.78 is 7.44. The van der Waals surface area contributed by atoms with Crippen LogP contribution in [0.2, 0.25) is 0 Å². The van der Waals surface area contributed by atoms with Crippen LogP contribution in [0.4, 0.5) is 5.95 Å². The zero-order valence-electron chi connectivity index (χ0n) is 16.4. The third-order valence-electron chi connectivity index (χ3n) is 6.18. The van der Waals surface area contributed by atoms with E-state index in [4.69, 9.17) is 14.7 Å². The zero-order chi connectivity index (χ0) is 19.1. The molecule has 0 amide bonds. The second kappa shape index (κ2) is 7.29. The van der Waals surface area contributed by atoms with Crippen LogP contribution in [0.15, 0.2) is 23.0 Å². The number of piperidine rings is 1. The van der Waals surface area contributed by atoms with Gasteiger partial charge in [-0.15, -0.1) is 0 Å². The summed E-state index contributed by atoms with van der Waals surface area (Å²) in [5.41, 5.74) is 4.00. The molecule has 2 bridgehead atoms. The minimum atomic E-state index is 0.0914. The number of fused-ring (bicyclic) bond motifs is 4. The molecule has 0 aliphatic carbocycles. The SMILES string of the molecule is CCc1cc(-c2cc3n(c(=O)c2)C[C@@H]2CNC[C@H]3C2)nc(N2CCOCC2)n1. The van der Waals surface area contributed by atoms with Gasteiger partial charge in [0.15, 0.2) is 0 Å². The van der Waals surface area contributed by atoms with E-state index < -0.39 is 0 Å². The quantitative estimate of drug-likeness (QED) is 0.867. The van der Waals surface area contributed by atoms with Gasteiger partial charge < -0.3 is 19.5 Å². The molecule has 2 aromatic rings. The predicted octanol–water partition coefficient (Wildman–Crippen LogP) is 1.41. The molecule has 3 aliphatic heterocycles. The molecule has 0 radical (unpaired) electrons. The summed E-state index contributed by atoms with van der Waals surface area (Å²) in [5.74, 6) is 1.72. The van der Waals surface area contributed by atoms with Crippen LogP contribution in [0, 0.1) is 5.92 Å². The molecule has 3 aliphatic rings. The summed E-state index contributed by atoms with van der Waals surface area (Å²) in [4.78, 5) is 24.6. The molecular weight excluding hydrogens is 354 g/mol. The minimum Gasteiger partial charge on any atom is -0.378 e. The first-order valence-corrected chi connectivity index (χ1v) is 10.4. The van der Waals surface area contributed by atoms with Crippen molar-refractivity contribution in [2.45, 2.75) is 32.2 Å². The van der Waals surface area contributed by atoms with Gasteiger partial charge in [-0.1, -0.05) is 6.92 Å². The molecule has 5 rings (SSSR count). The lowest BCUT2D eigenvalue weighted by Crippen LogP contribution is -2.44. The van der Waals surface area contributed by atoms with E-state index >= 15 is 0 Å². The van der Waals surface area contributed by atoms with Crippen molar-refractivity contribution in [2.24, 2.45) is 5.92 Å². The monoisotopic (exact) mass is 381 g/mol. The van der Waals surface area contributed by atoms with Crippen molar-refractivity contribution in [1.29, 1.82) is 0 Å². The number of pyridine rings is 1. The molecule has 1 N–H and O–H groups in total. The number of ether oxygens (including phenoxy) is 1. The van der Waals surface area contributed by atoms with Crippen molar-refractivity contribution in [3.63, 3.8) is 0 Å². The van der Waals surface area contributed by atoms with Crippen LogP contribution < -0.4 is 15.8 Å². The van der Waals surface area contributed by atoms with Crippen LogP contribution in [0.3, 0.4) is 0 Å². The average molecular weight is 381 g/mol. The van der Waals surface area contributed by atoms with Gasteiger partial charge in [-0.25, -0.2) is 9.97 Å². The standard InChI is InChI=1S/C21H27N5O2/c1-2-17-10-18(24-21(23-17)25-3-5-28-6-4-25)15-8-19-16-7-14(11-22-12-16)13-26(19)20(27)9-15/h8-10,14,16,22H,2-7,11-13H2,1H3/t14-,16+/m0/s1. The highest BCUT2D eigenvalue weighted by molar-refractivity contribution is 5.61. The Bertz CT molecular complexity index is 935. The summed E-state index contributed by atoms with van der Waals surface area (Å²) in [7, 11) is 0. The van der Waals surface area contributed by atoms with E-state index in [0.29, 0.717) is 25.0 Å². The molecule has 2 saturated heterocycles. The Morgan fingerprint density at radius 3 is 2.86 bits per heavy atom. The van der Waals surface area contributed by atoms with Crippen LogP contribution in [0.1, 0.15) is 30.7 Å². The molecule has 2 atom stereocenters. The smallest absolute Gasteiger partial charge is 0.251 e. The maximum Gasteiger partial charge on any atom is 0.251 e. The van der Waals surface area contributed by atoms with E-state index in [2.05, 4.69) is 23.2 Å². The van der Waals surface area contributed by atoms with E-state index in [1.54, 1.807) is 6.07 Å². The predicted molar refractivity (Wildman–Crippen MR) is 108 cm³/mol. The lowest BCUT2D eigenvalue weighted by molar-refractivity contribution is 0.122. The second-order valence-electron chi connectivity index (χ2n) is 8.07. The van der Waals surface area contributed by atoms with Crippen LogP contribution >= 0.6 is 0 Å². The third kappa shape index (κ3) is 3.22. The maximum atomic E-state index is 12.9. The fraction of sp³-hybridized carbons (Fsp3) is 0.571. The molecule has 28 heavy (non-hydrogen) atoms. The number of aromatic nitrogens is 3. The van der Waals surface area contributed by atoms with E-state index in [0.717, 1.165) is 67.7 Å². The highest BCUT2D eigenvalue weighted by Crippen LogP contribution is 2.33. The maximum absolute atomic E-state index is 12.9. The molecule has 0 saturated carbocycles. The molecule has 2 aromatic heterocycles. The third-order valence-corrected chi connectivity index (χ3v) is 6.18. The van der Waals surface area contributed by atoms with Gasteiger partial charge in [-0.05, 0) is 37.4 Å². The highest BCUT2D eigenvalue weighted by atomic mass is 16.5. The van der Waals surface area contributed by atoms with Gasteiger partial charge in [0, 0.05) is 55.1 Å². The molecule has 7 heteroatoms. The molecule has 2 fully saturated rings.